The molecule has 4 aliphatic carbocycles. The van der Waals surface area contributed by atoms with Crippen molar-refractivity contribution in [1.29, 1.82) is 0 Å². The van der Waals surface area contributed by atoms with E-state index >= 15 is 0 Å². The molecule has 4 heteroatoms. The Kier molecular flexibility index (Phi) is 3.93. The standard InChI is InChI=1S/C22H26N2OS/c1-14-23-20(13-26-14)18-2-4-19(5-3-18)24-21(25)12-22-9-15-6-16(10-22)8-17(7-15)11-22/h2-5,13,15-17H,6-12H2,1H3,(H,24,25). The molecule has 6 rings (SSSR count). The number of hydrogen-bond donors (Lipinski definition) is 1. The van der Waals surface area contributed by atoms with Gasteiger partial charge in [-0.15, -0.1) is 11.3 Å². The van der Waals surface area contributed by atoms with Gasteiger partial charge in [-0.3, -0.25) is 4.79 Å². The number of nitrogens with one attached hydrogen (secondary N) is 1. The summed E-state index contributed by atoms with van der Waals surface area (Å²) in [5.74, 6) is 2.89. The fraction of sp³-hybridized carbons (Fsp3) is 0.545. The maximum atomic E-state index is 12.7. The van der Waals surface area contributed by atoms with Gasteiger partial charge in [-0.05, 0) is 80.8 Å². The van der Waals surface area contributed by atoms with Gasteiger partial charge in [0.1, 0.15) is 0 Å². The molecule has 1 amide bonds. The highest BCUT2D eigenvalue weighted by Gasteiger charge is 2.51. The molecule has 1 aromatic heterocycles. The van der Waals surface area contributed by atoms with E-state index in [-0.39, 0.29) is 5.91 Å². The Bertz CT molecular complexity index is 788. The number of aromatic nitrogens is 1. The summed E-state index contributed by atoms with van der Waals surface area (Å²) in [6.07, 6.45) is 8.86. The molecule has 0 aliphatic heterocycles. The van der Waals surface area contributed by atoms with Crippen LogP contribution in [0, 0.1) is 30.1 Å². The summed E-state index contributed by atoms with van der Waals surface area (Å²) in [6.45, 7) is 2.02. The second-order valence-electron chi connectivity index (χ2n) is 8.97. The van der Waals surface area contributed by atoms with Crippen LogP contribution >= 0.6 is 11.3 Å². The minimum absolute atomic E-state index is 0.198. The number of carbonyl (C=O) groups is 1. The van der Waals surface area contributed by atoms with Gasteiger partial charge in [-0.2, -0.15) is 0 Å². The van der Waals surface area contributed by atoms with Crippen molar-refractivity contribution in [3.63, 3.8) is 0 Å². The van der Waals surface area contributed by atoms with Gasteiger partial charge in [0.2, 0.25) is 5.91 Å². The van der Waals surface area contributed by atoms with Crippen LogP contribution in [0.1, 0.15) is 50.0 Å². The number of carbonyl (C=O) groups excluding carboxylic acids is 1. The van der Waals surface area contributed by atoms with E-state index in [0.717, 1.165) is 39.7 Å². The van der Waals surface area contributed by atoms with Crippen LogP contribution in [-0.2, 0) is 4.79 Å². The second-order valence-corrected chi connectivity index (χ2v) is 10.0. The third-order valence-electron chi connectivity index (χ3n) is 6.78. The molecular weight excluding hydrogens is 340 g/mol. The van der Waals surface area contributed by atoms with E-state index < -0.39 is 0 Å². The van der Waals surface area contributed by atoms with E-state index in [2.05, 4.69) is 27.8 Å². The zero-order valence-electron chi connectivity index (χ0n) is 15.3. The lowest BCUT2D eigenvalue weighted by Crippen LogP contribution is -2.47. The molecule has 2 aromatic rings. The Morgan fingerprint density at radius 1 is 1.12 bits per heavy atom. The van der Waals surface area contributed by atoms with E-state index in [1.54, 1.807) is 11.3 Å². The summed E-state index contributed by atoms with van der Waals surface area (Å²) in [5.41, 5.74) is 3.32. The van der Waals surface area contributed by atoms with E-state index in [1.807, 2.05) is 19.1 Å². The predicted molar refractivity (Wildman–Crippen MR) is 106 cm³/mol. The van der Waals surface area contributed by atoms with Crippen molar-refractivity contribution in [2.75, 3.05) is 5.32 Å². The molecule has 4 aliphatic rings. The van der Waals surface area contributed by atoms with Crippen molar-refractivity contribution in [3.05, 3.63) is 34.7 Å². The number of nitrogens with zero attached hydrogens (tertiary/aromatic N) is 1. The van der Waals surface area contributed by atoms with Gasteiger partial charge >= 0.3 is 0 Å². The summed E-state index contributed by atoms with van der Waals surface area (Å²) >= 11 is 1.66. The molecule has 3 nitrogen and oxygen atoms in total. The zero-order valence-corrected chi connectivity index (χ0v) is 16.1. The molecular formula is C22H26N2OS. The van der Waals surface area contributed by atoms with Crippen molar-refractivity contribution in [2.24, 2.45) is 23.2 Å². The van der Waals surface area contributed by atoms with Gasteiger partial charge in [0, 0.05) is 23.1 Å². The van der Waals surface area contributed by atoms with Crippen LogP contribution in [0.25, 0.3) is 11.3 Å². The summed E-state index contributed by atoms with van der Waals surface area (Å²) in [4.78, 5) is 17.3. The van der Waals surface area contributed by atoms with Crippen LogP contribution in [0.5, 0.6) is 0 Å². The molecule has 1 heterocycles. The highest BCUT2D eigenvalue weighted by atomic mass is 32.1. The molecule has 4 fully saturated rings. The normalized spacial score (nSPS) is 32.0. The molecule has 0 radical (unpaired) electrons. The monoisotopic (exact) mass is 366 g/mol. The van der Waals surface area contributed by atoms with Crippen molar-refractivity contribution < 1.29 is 4.79 Å². The smallest absolute Gasteiger partial charge is 0.224 e. The van der Waals surface area contributed by atoms with Gasteiger partial charge in [-0.1, -0.05) is 12.1 Å². The van der Waals surface area contributed by atoms with Gasteiger partial charge < -0.3 is 5.32 Å². The third kappa shape index (κ3) is 3.09. The molecule has 4 saturated carbocycles. The highest BCUT2D eigenvalue weighted by Crippen LogP contribution is 2.61. The summed E-state index contributed by atoms with van der Waals surface area (Å²) in [5, 5.41) is 6.30. The van der Waals surface area contributed by atoms with Crippen LogP contribution in [0.2, 0.25) is 0 Å². The average molecular weight is 367 g/mol. The van der Waals surface area contributed by atoms with E-state index in [4.69, 9.17) is 0 Å². The van der Waals surface area contributed by atoms with Crippen molar-refractivity contribution in [1.82, 2.24) is 4.98 Å². The SMILES string of the molecule is Cc1nc(-c2ccc(NC(=O)CC34CC5CC(CC(C5)C3)C4)cc2)cs1. The molecule has 1 aromatic carbocycles. The van der Waals surface area contributed by atoms with E-state index in [1.165, 1.54) is 38.5 Å². The van der Waals surface area contributed by atoms with Crippen LogP contribution in [-0.4, -0.2) is 10.9 Å². The first-order valence-corrected chi connectivity index (χ1v) is 10.8. The quantitative estimate of drug-likeness (QED) is 0.758. The number of hydrogen-bond acceptors (Lipinski definition) is 3. The van der Waals surface area contributed by atoms with E-state index in [0.29, 0.717) is 11.8 Å². The molecule has 0 saturated heterocycles. The van der Waals surface area contributed by atoms with Gasteiger partial charge in [0.25, 0.3) is 0 Å². The Morgan fingerprint density at radius 2 is 1.73 bits per heavy atom. The maximum absolute atomic E-state index is 12.7. The number of benzene rings is 1. The van der Waals surface area contributed by atoms with Gasteiger partial charge in [0.05, 0.1) is 10.7 Å². The Labute approximate surface area is 159 Å². The largest absolute Gasteiger partial charge is 0.326 e. The summed E-state index contributed by atoms with van der Waals surface area (Å²) in [7, 11) is 0. The van der Waals surface area contributed by atoms with Crippen LogP contribution in [0.4, 0.5) is 5.69 Å². The first kappa shape index (κ1) is 16.5. The van der Waals surface area contributed by atoms with Crippen LogP contribution < -0.4 is 5.32 Å². The third-order valence-corrected chi connectivity index (χ3v) is 7.56. The van der Waals surface area contributed by atoms with E-state index in [9.17, 15) is 4.79 Å². The maximum Gasteiger partial charge on any atom is 0.224 e. The molecule has 136 valence electrons. The summed E-state index contributed by atoms with van der Waals surface area (Å²) < 4.78 is 0. The minimum Gasteiger partial charge on any atom is -0.326 e. The fourth-order valence-corrected chi connectivity index (χ4v) is 6.89. The number of amides is 1. The number of anilines is 1. The summed E-state index contributed by atoms with van der Waals surface area (Å²) in [6, 6.07) is 8.10. The molecule has 0 spiro atoms. The molecule has 1 N–H and O–H groups in total. The minimum atomic E-state index is 0.198. The topological polar surface area (TPSA) is 42.0 Å². The zero-order chi connectivity index (χ0) is 17.7. The Balaban J connectivity index is 1.24. The Hall–Kier alpha value is -1.68. The lowest BCUT2D eigenvalue weighted by atomic mass is 9.49. The average Bonchev–Trinajstić information content (AvgIpc) is 3.00. The number of aryl methyl sites for hydroxylation is 1. The van der Waals surface area contributed by atoms with Crippen LogP contribution in [0.3, 0.4) is 0 Å². The number of thiazole rings is 1. The van der Waals surface area contributed by atoms with Gasteiger partial charge in [0.15, 0.2) is 0 Å². The fourth-order valence-electron chi connectivity index (χ4n) is 6.27. The lowest BCUT2D eigenvalue weighted by molar-refractivity contribution is -0.124. The predicted octanol–water partition coefficient (Wildman–Crippen LogP) is 5.66. The number of rotatable bonds is 4. The van der Waals surface area contributed by atoms with Crippen molar-refractivity contribution >= 4 is 22.9 Å². The molecule has 0 atom stereocenters. The first-order valence-electron chi connectivity index (χ1n) is 9.89. The second kappa shape index (κ2) is 6.19. The van der Waals surface area contributed by atoms with Crippen molar-refractivity contribution in [3.8, 4) is 11.3 Å². The molecule has 0 unspecified atom stereocenters. The van der Waals surface area contributed by atoms with Gasteiger partial charge in [-0.25, -0.2) is 4.98 Å². The first-order chi connectivity index (χ1) is 12.6. The lowest BCUT2D eigenvalue weighted by Gasteiger charge is -2.56. The highest BCUT2D eigenvalue weighted by molar-refractivity contribution is 7.09. The van der Waals surface area contributed by atoms with Crippen molar-refractivity contribution in [2.45, 2.75) is 51.9 Å². The van der Waals surface area contributed by atoms with Crippen LogP contribution in [0.15, 0.2) is 29.6 Å². The molecule has 4 bridgehead atoms. The Morgan fingerprint density at radius 3 is 2.27 bits per heavy atom. The molecule has 26 heavy (non-hydrogen) atoms.